The van der Waals surface area contributed by atoms with E-state index in [0.717, 1.165) is 28.1 Å². The molecule has 21 heavy (non-hydrogen) atoms. The van der Waals surface area contributed by atoms with Crippen molar-refractivity contribution in [2.45, 2.75) is 53.0 Å². The van der Waals surface area contributed by atoms with Gasteiger partial charge in [0.1, 0.15) is 4.88 Å². The molecule has 0 unspecified atom stereocenters. The van der Waals surface area contributed by atoms with Crippen LogP contribution in [0.3, 0.4) is 0 Å². The van der Waals surface area contributed by atoms with Crippen LogP contribution in [0.25, 0.3) is 0 Å². The SMILES string of the molecule is CCn1nc(C)c(Br)c1CC(=O)c1snnc1C(C)(C)C. The van der Waals surface area contributed by atoms with E-state index in [1.54, 1.807) is 0 Å². The summed E-state index contributed by atoms with van der Waals surface area (Å²) in [7, 11) is 0. The molecule has 0 aliphatic heterocycles. The number of Topliss-reactive ketones (excluding diaryl/α,β-unsaturated/α-hetero) is 1. The molecule has 5 nitrogen and oxygen atoms in total. The highest BCUT2D eigenvalue weighted by Crippen LogP contribution is 2.28. The topological polar surface area (TPSA) is 60.7 Å². The fourth-order valence-corrected chi connectivity index (χ4v) is 3.37. The molecule has 114 valence electrons. The third-order valence-electron chi connectivity index (χ3n) is 3.23. The van der Waals surface area contributed by atoms with Gasteiger partial charge in [-0.2, -0.15) is 5.10 Å². The first-order chi connectivity index (χ1) is 9.75. The number of ketones is 1. The Labute approximate surface area is 137 Å². The molecule has 0 saturated heterocycles. The normalized spacial score (nSPS) is 11.9. The molecular weight excluding hydrogens is 352 g/mol. The van der Waals surface area contributed by atoms with Crippen molar-refractivity contribution in [3.8, 4) is 0 Å². The maximum absolute atomic E-state index is 12.6. The quantitative estimate of drug-likeness (QED) is 0.772. The first-order valence-corrected chi connectivity index (χ1v) is 8.40. The molecule has 0 bridgehead atoms. The molecule has 0 atom stereocenters. The largest absolute Gasteiger partial charge is 0.293 e. The van der Waals surface area contributed by atoms with E-state index in [0.29, 0.717) is 11.3 Å². The van der Waals surface area contributed by atoms with Crippen molar-refractivity contribution in [3.63, 3.8) is 0 Å². The summed E-state index contributed by atoms with van der Waals surface area (Å²) in [5, 5.41) is 8.56. The van der Waals surface area contributed by atoms with Gasteiger partial charge in [-0.1, -0.05) is 25.3 Å². The Balaban J connectivity index is 2.34. The summed E-state index contributed by atoms with van der Waals surface area (Å²) >= 11 is 4.70. The number of aryl methyl sites for hydroxylation is 2. The second kappa shape index (κ2) is 5.96. The van der Waals surface area contributed by atoms with Crippen LogP contribution in [-0.2, 0) is 18.4 Å². The summed E-state index contributed by atoms with van der Waals surface area (Å²) in [6.45, 7) is 10.8. The summed E-state index contributed by atoms with van der Waals surface area (Å²) in [6.07, 6.45) is 0.308. The van der Waals surface area contributed by atoms with Crippen LogP contribution in [0.5, 0.6) is 0 Å². The average molecular weight is 371 g/mol. The Bertz CT molecular complexity index is 669. The van der Waals surface area contributed by atoms with Gasteiger partial charge in [0.25, 0.3) is 0 Å². The molecule has 0 aliphatic rings. The first-order valence-electron chi connectivity index (χ1n) is 6.83. The summed E-state index contributed by atoms with van der Waals surface area (Å²) in [5.74, 6) is 0.0465. The highest BCUT2D eigenvalue weighted by atomic mass is 79.9. The maximum Gasteiger partial charge on any atom is 0.182 e. The lowest BCUT2D eigenvalue weighted by Gasteiger charge is -2.16. The number of carbonyl (C=O) groups excluding carboxylic acids is 1. The molecule has 0 N–H and O–H groups in total. The predicted octanol–water partition coefficient (Wildman–Crippen LogP) is 3.55. The van der Waals surface area contributed by atoms with Gasteiger partial charge in [-0.3, -0.25) is 9.48 Å². The van der Waals surface area contributed by atoms with E-state index in [1.807, 2.05) is 39.3 Å². The predicted molar refractivity (Wildman–Crippen MR) is 87.0 cm³/mol. The van der Waals surface area contributed by atoms with Crippen LogP contribution < -0.4 is 0 Å². The van der Waals surface area contributed by atoms with Crippen LogP contribution in [-0.4, -0.2) is 25.2 Å². The zero-order valence-corrected chi connectivity index (χ0v) is 15.3. The lowest BCUT2D eigenvalue weighted by atomic mass is 9.90. The number of hydrogen-bond acceptors (Lipinski definition) is 5. The van der Waals surface area contributed by atoms with E-state index in [-0.39, 0.29) is 11.2 Å². The Morgan fingerprint density at radius 2 is 2.05 bits per heavy atom. The minimum atomic E-state index is -0.184. The van der Waals surface area contributed by atoms with Gasteiger partial charge in [0.05, 0.1) is 28.0 Å². The van der Waals surface area contributed by atoms with E-state index in [1.165, 1.54) is 11.5 Å². The molecule has 7 heteroatoms. The molecule has 0 saturated carbocycles. The van der Waals surface area contributed by atoms with Crippen molar-refractivity contribution in [2.24, 2.45) is 0 Å². The van der Waals surface area contributed by atoms with Crippen molar-refractivity contribution in [2.75, 3.05) is 0 Å². The molecule has 2 heterocycles. The number of nitrogens with zero attached hydrogens (tertiary/aromatic N) is 4. The zero-order valence-electron chi connectivity index (χ0n) is 12.9. The van der Waals surface area contributed by atoms with Gasteiger partial charge in [0.15, 0.2) is 5.78 Å². The van der Waals surface area contributed by atoms with Crippen molar-refractivity contribution in [1.82, 2.24) is 19.4 Å². The van der Waals surface area contributed by atoms with Gasteiger partial charge in [-0.25, -0.2) is 0 Å². The lowest BCUT2D eigenvalue weighted by molar-refractivity contribution is 0.0992. The van der Waals surface area contributed by atoms with Crippen molar-refractivity contribution in [1.29, 1.82) is 0 Å². The number of aromatic nitrogens is 4. The standard InChI is InChI=1S/C14H19BrN4OS/c1-6-19-9(11(15)8(2)17-19)7-10(20)12-13(14(3,4)5)16-18-21-12/h6-7H2,1-5H3. The molecule has 2 aromatic rings. The minimum Gasteiger partial charge on any atom is -0.293 e. The van der Waals surface area contributed by atoms with Gasteiger partial charge < -0.3 is 0 Å². The average Bonchev–Trinajstić information content (AvgIpc) is 2.98. The van der Waals surface area contributed by atoms with Crippen molar-refractivity contribution < 1.29 is 4.79 Å². The molecule has 2 aromatic heterocycles. The first kappa shape index (κ1) is 16.3. The van der Waals surface area contributed by atoms with Crippen LogP contribution in [0, 0.1) is 6.92 Å². The van der Waals surface area contributed by atoms with Crippen LogP contribution >= 0.6 is 27.5 Å². The summed E-state index contributed by atoms with van der Waals surface area (Å²) in [4.78, 5) is 13.3. The van der Waals surface area contributed by atoms with Gasteiger partial charge in [-0.15, -0.1) is 5.10 Å². The summed E-state index contributed by atoms with van der Waals surface area (Å²) in [6, 6.07) is 0. The molecule has 0 radical (unpaired) electrons. The smallest absolute Gasteiger partial charge is 0.182 e. The van der Waals surface area contributed by atoms with E-state index in [9.17, 15) is 4.79 Å². The fraction of sp³-hybridized carbons (Fsp3) is 0.571. The van der Waals surface area contributed by atoms with Gasteiger partial charge in [0, 0.05) is 12.0 Å². The highest BCUT2D eigenvalue weighted by Gasteiger charge is 2.27. The van der Waals surface area contributed by atoms with Crippen LogP contribution in [0.15, 0.2) is 4.47 Å². The molecule has 0 aromatic carbocycles. The van der Waals surface area contributed by atoms with Crippen molar-refractivity contribution >= 4 is 33.2 Å². The van der Waals surface area contributed by atoms with E-state index in [4.69, 9.17) is 0 Å². The molecule has 0 spiro atoms. The Kier molecular flexibility index (Phi) is 4.63. The number of rotatable bonds is 4. The maximum atomic E-state index is 12.6. The van der Waals surface area contributed by atoms with Gasteiger partial charge >= 0.3 is 0 Å². The van der Waals surface area contributed by atoms with Crippen LogP contribution in [0.2, 0.25) is 0 Å². The summed E-state index contributed by atoms with van der Waals surface area (Å²) < 4.78 is 6.73. The monoisotopic (exact) mass is 370 g/mol. The zero-order chi connectivity index (χ0) is 15.8. The minimum absolute atomic E-state index is 0.0465. The number of hydrogen-bond donors (Lipinski definition) is 0. The van der Waals surface area contributed by atoms with E-state index < -0.39 is 0 Å². The van der Waals surface area contributed by atoms with Gasteiger partial charge in [-0.05, 0) is 41.3 Å². The van der Waals surface area contributed by atoms with Crippen LogP contribution in [0.1, 0.15) is 54.4 Å². The van der Waals surface area contributed by atoms with E-state index in [2.05, 4.69) is 30.6 Å². The van der Waals surface area contributed by atoms with E-state index >= 15 is 0 Å². The summed E-state index contributed by atoms with van der Waals surface area (Å²) in [5.41, 5.74) is 2.40. The van der Waals surface area contributed by atoms with Crippen LogP contribution in [0.4, 0.5) is 0 Å². The molecule has 0 fully saturated rings. The Hall–Kier alpha value is -1.08. The Morgan fingerprint density at radius 3 is 2.62 bits per heavy atom. The molecule has 0 amide bonds. The number of carbonyl (C=O) groups is 1. The number of halogens is 1. The third-order valence-corrected chi connectivity index (χ3v) is 5.03. The second-order valence-electron chi connectivity index (χ2n) is 5.96. The molecular formula is C14H19BrN4OS. The van der Waals surface area contributed by atoms with Gasteiger partial charge in [0.2, 0.25) is 0 Å². The lowest BCUT2D eigenvalue weighted by Crippen LogP contribution is -2.18. The fourth-order valence-electron chi connectivity index (χ4n) is 2.13. The highest BCUT2D eigenvalue weighted by molar-refractivity contribution is 9.10. The second-order valence-corrected chi connectivity index (χ2v) is 7.51. The van der Waals surface area contributed by atoms with Crippen molar-refractivity contribution in [3.05, 3.63) is 26.4 Å². The Morgan fingerprint density at radius 1 is 1.38 bits per heavy atom. The molecule has 0 aliphatic carbocycles. The third kappa shape index (κ3) is 3.23. The molecule has 2 rings (SSSR count).